The number of hydrogen-bond donors (Lipinski definition) is 2. The van der Waals surface area contributed by atoms with Crippen LogP contribution in [0.25, 0.3) is 0 Å². The van der Waals surface area contributed by atoms with Gasteiger partial charge in [0.2, 0.25) is 11.8 Å². The number of carbonyl (C=O) groups excluding carboxylic acids is 1. The molecule has 0 aliphatic heterocycles. The number of nitrogens with one attached hydrogen (secondary N) is 1. The van der Waals surface area contributed by atoms with E-state index in [9.17, 15) is 4.79 Å². The highest BCUT2D eigenvalue weighted by Gasteiger charge is 2.39. The van der Waals surface area contributed by atoms with Gasteiger partial charge in [-0.05, 0) is 24.8 Å². The third kappa shape index (κ3) is 2.55. The maximum absolute atomic E-state index is 11.8. The van der Waals surface area contributed by atoms with Crippen LogP contribution in [0.15, 0.2) is 18.3 Å². The lowest BCUT2D eigenvalue weighted by molar-refractivity contribution is -0.129. The van der Waals surface area contributed by atoms with Gasteiger partial charge in [0.15, 0.2) is 0 Å². The van der Waals surface area contributed by atoms with E-state index in [1.54, 1.807) is 19.4 Å². The predicted octanol–water partition coefficient (Wildman–Crippen LogP) is 0.588. The Kier molecular flexibility index (Phi) is 3.28. The quantitative estimate of drug-likeness (QED) is 0.800. The van der Waals surface area contributed by atoms with Gasteiger partial charge in [0.25, 0.3) is 0 Å². The normalized spacial score (nSPS) is 17.1. The summed E-state index contributed by atoms with van der Waals surface area (Å²) in [7, 11) is 1.57. The number of nitrogens with two attached hydrogens (primary N) is 1. The molecular weight excluding hydrogens is 218 g/mol. The number of aromatic nitrogens is 1. The minimum absolute atomic E-state index is 0.0698. The summed E-state index contributed by atoms with van der Waals surface area (Å²) in [6.45, 7) is 0.453. The van der Waals surface area contributed by atoms with Crippen LogP contribution in [0.3, 0.4) is 0 Å². The average Bonchev–Trinajstić information content (AvgIpc) is 2.33. The average molecular weight is 235 g/mol. The van der Waals surface area contributed by atoms with E-state index in [0.29, 0.717) is 12.4 Å². The highest BCUT2D eigenvalue weighted by atomic mass is 16.5. The molecule has 0 bridgehead atoms. The molecule has 3 N–H and O–H groups in total. The Bertz CT molecular complexity index is 399. The van der Waals surface area contributed by atoms with E-state index in [2.05, 4.69) is 10.3 Å². The first-order chi connectivity index (χ1) is 8.14. The van der Waals surface area contributed by atoms with Gasteiger partial charge in [-0.3, -0.25) is 4.79 Å². The van der Waals surface area contributed by atoms with Gasteiger partial charge >= 0.3 is 0 Å². The van der Waals surface area contributed by atoms with Crippen LogP contribution in [-0.2, 0) is 11.3 Å². The van der Waals surface area contributed by atoms with E-state index >= 15 is 0 Å². The lowest BCUT2D eigenvalue weighted by atomic mass is 9.77. The summed E-state index contributed by atoms with van der Waals surface area (Å²) in [6.07, 6.45) is 4.27. The van der Waals surface area contributed by atoms with Crippen molar-refractivity contribution in [3.05, 3.63) is 23.9 Å². The smallest absolute Gasteiger partial charge is 0.240 e. The maximum Gasteiger partial charge on any atom is 0.240 e. The van der Waals surface area contributed by atoms with Gasteiger partial charge in [0, 0.05) is 18.8 Å². The predicted molar refractivity (Wildman–Crippen MR) is 63.4 cm³/mol. The zero-order valence-corrected chi connectivity index (χ0v) is 9.90. The Morgan fingerprint density at radius 1 is 1.59 bits per heavy atom. The highest BCUT2D eigenvalue weighted by molar-refractivity contribution is 5.86. The number of nitrogens with zero attached hydrogens (tertiary/aromatic N) is 1. The summed E-state index contributed by atoms with van der Waals surface area (Å²) in [5.41, 5.74) is 6.20. The number of hydrogen-bond acceptors (Lipinski definition) is 4. The van der Waals surface area contributed by atoms with Crippen LogP contribution in [0.4, 0.5) is 0 Å². The molecule has 5 heteroatoms. The molecule has 0 spiro atoms. The molecule has 1 heterocycles. The number of carbonyl (C=O) groups is 1. The summed E-state index contributed by atoms with van der Waals surface area (Å²) in [5, 5.41) is 2.83. The number of amides is 1. The van der Waals surface area contributed by atoms with Crippen LogP contribution >= 0.6 is 0 Å². The van der Waals surface area contributed by atoms with E-state index in [1.807, 2.05) is 6.07 Å². The van der Waals surface area contributed by atoms with E-state index in [1.165, 1.54) is 0 Å². The van der Waals surface area contributed by atoms with E-state index < -0.39 is 5.54 Å². The number of methoxy groups -OCH3 is 1. The van der Waals surface area contributed by atoms with Crippen LogP contribution < -0.4 is 15.8 Å². The molecule has 1 aromatic heterocycles. The standard InChI is InChI=1S/C12H17N3O2/c1-17-10-4-3-9(7-14-10)8-15-11(16)12(13)5-2-6-12/h3-4,7H,2,5-6,8,13H2,1H3,(H,15,16). The minimum atomic E-state index is -0.639. The molecule has 1 aromatic rings. The van der Waals surface area contributed by atoms with Crippen LogP contribution in [-0.4, -0.2) is 23.5 Å². The van der Waals surface area contributed by atoms with Crippen molar-refractivity contribution in [2.24, 2.45) is 5.73 Å². The fourth-order valence-electron chi connectivity index (χ4n) is 1.78. The monoisotopic (exact) mass is 235 g/mol. The summed E-state index contributed by atoms with van der Waals surface area (Å²) >= 11 is 0. The van der Waals surface area contributed by atoms with E-state index in [-0.39, 0.29) is 5.91 Å². The Hall–Kier alpha value is -1.62. The summed E-state index contributed by atoms with van der Waals surface area (Å²) in [4.78, 5) is 15.8. The van der Waals surface area contributed by atoms with Crippen molar-refractivity contribution < 1.29 is 9.53 Å². The lowest BCUT2D eigenvalue weighted by Crippen LogP contribution is -2.58. The molecule has 0 atom stereocenters. The Labute approximate surface area is 100 Å². The molecule has 1 fully saturated rings. The molecule has 1 amide bonds. The van der Waals surface area contributed by atoms with Crippen molar-refractivity contribution in [3.8, 4) is 5.88 Å². The van der Waals surface area contributed by atoms with Gasteiger partial charge in [-0.15, -0.1) is 0 Å². The first-order valence-electron chi connectivity index (χ1n) is 5.70. The molecule has 0 unspecified atom stereocenters. The van der Waals surface area contributed by atoms with Gasteiger partial charge in [-0.2, -0.15) is 0 Å². The van der Waals surface area contributed by atoms with Crippen LogP contribution in [0, 0.1) is 0 Å². The first kappa shape index (κ1) is 11.9. The maximum atomic E-state index is 11.8. The van der Waals surface area contributed by atoms with Crippen molar-refractivity contribution in [3.63, 3.8) is 0 Å². The molecule has 0 aromatic carbocycles. The summed E-state index contributed by atoms with van der Waals surface area (Å²) in [6, 6.07) is 3.64. The molecule has 2 rings (SSSR count). The fourth-order valence-corrected chi connectivity index (χ4v) is 1.78. The number of rotatable bonds is 4. The van der Waals surface area contributed by atoms with Crippen LogP contribution in [0.2, 0.25) is 0 Å². The van der Waals surface area contributed by atoms with Crippen molar-refractivity contribution in [2.45, 2.75) is 31.3 Å². The zero-order valence-electron chi connectivity index (χ0n) is 9.90. The Morgan fingerprint density at radius 2 is 2.35 bits per heavy atom. The molecular formula is C12H17N3O2. The molecule has 0 saturated heterocycles. The summed E-state index contributed by atoms with van der Waals surface area (Å²) in [5.74, 6) is 0.494. The first-order valence-corrected chi connectivity index (χ1v) is 5.70. The second-order valence-corrected chi connectivity index (χ2v) is 4.40. The van der Waals surface area contributed by atoms with Crippen LogP contribution in [0.1, 0.15) is 24.8 Å². The zero-order chi connectivity index (χ0) is 12.3. The Morgan fingerprint density at radius 3 is 2.82 bits per heavy atom. The minimum Gasteiger partial charge on any atom is -0.481 e. The van der Waals surface area contributed by atoms with E-state index in [4.69, 9.17) is 10.5 Å². The third-order valence-corrected chi connectivity index (χ3v) is 3.16. The fraction of sp³-hybridized carbons (Fsp3) is 0.500. The third-order valence-electron chi connectivity index (χ3n) is 3.16. The molecule has 1 aliphatic carbocycles. The molecule has 1 saturated carbocycles. The molecule has 5 nitrogen and oxygen atoms in total. The van der Waals surface area contributed by atoms with Gasteiger partial charge in [0.1, 0.15) is 0 Å². The van der Waals surface area contributed by atoms with Crippen molar-refractivity contribution in [2.75, 3.05) is 7.11 Å². The highest BCUT2D eigenvalue weighted by Crippen LogP contribution is 2.29. The molecule has 17 heavy (non-hydrogen) atoms. The van der Waals surface area contributed by atoms with Gasteiger partial charge in [-0.25, -0.2) is 4.98 Å². The number of ether oxygens (including phenoxy) is 1. The largest absolute Gasteiger partial charge is 0.481 e. The second kappa shape index (κ2) is 4.71. The molecule has 92 valence electrons. The van der Waals surface area contributed by atoms with Gasteiger partial charge < -0.3 is 15.8 Å². The van der Waals surface area contributed by atoms with Gasteiger partial charge in [-0.1, -0.05) is 6.07 Å². The summed E-state index contributed by atoms with van der Waals surface area (Å²) < 4.78 is 4.96. The lowest BCUT2D eigenvalue weighted by Gasteiger charge is -2.36. The second-order valence-electron chi connectivity index (χ2n) is 4.40. The van der Waals surface area contributed by atoms with E-state index in [0.717, 1.165) is 24.8 Å². The van der Waals surface area contributed by atoms with Crippen LogP contribution in [0.5, 0.6) is 5.88 Å². The topological polar surface area (TPSA) is 77.2 Å². The molecule has 1 aliphatic rings. The van der Waals surface area contributed by atoms with Crippen molar-refractivity contribution in [1.29, 1.82) is 0 Å². The number of pyridine rings is 1. The van der Waals surface area contributed by atoms with Crippen molar-refractivity contribution >= 4 is 5.91 Å². The van der Waals surface area contributed by atoms with Crippen molar-refractivity contribution in [1.82, 2.24) is 10.3 Å². The Balaban J connectivity index is 1.86. The SMILES string of the molecule is COc1ccc(CNC(=O)C2(N)CCC2)cn1. The molecule has 0 radical (unpaired) electrons. The van der Waals surface area contributed by atoms with Gasteiger partial charge in [0.05, 0.1) is 12.6 Å².